The minimum Gasteiger partial charge on any atom is -0.507 e. The SMILES string of the molecule is Oc1ccc2c(c1Br)CCCN2. The topological polar surface area (TPSA) is 32.3 Å². The van der Waals surface area contributed by atoms with Crippen LogP contribution in [-0.4, -0.2) is 11.7 Å². The number of phenols is 1. The van der Waals surface area contributed by atoms with Gasteiger partial charge >= 0.3 is 0 Å². The van der Waals surface area contributed by atoms with E-state index in [1.807, 2.05) is 6.07 Å². The van der Waals surface area contributed by atoms with E-state index >= 15 is 0 Å². The second kappa shape index (κ2) is 2.98. The molecular weight excluding hydrogens is 218 g/mol. The monoisotopic (exact) mass is 227 g/mol. The van der Waals surface area contributed by atoms with Gasteiger partial charge in [-0.3, -0.25) is 0 Å². The van der Waals surface area contributed by atoms with Crippen LogP contribution in [0.2, 0.25) is 0 Å². The molecular formula is C9H10BrNO. The molecule has 0 aliphatic carbocycles. The Hall–Kier alpha value is -0.700. The Balaban J connectivity index is 2.54. The zero-order valence-corrected chi connectivity index (χ0v) is 8.19. The van der Waals surface area contributed by atoms with Gasteiger partial charge in [0.15, 0.2) is 0 Å². The lowest BCUT2D eigenvalue weighted by Crippen LogP contribution is -2.11. The number of nitrogens with one attached hydrogen (secondary N) is 1. The van der Waals surface area contributed by atoms with Crippen molar-refractivity contribution in [2.24, 2.45) is 0 Å². The summed E-state index contributed by atoms with van der Waals surface area (Å²) in [5, 5.41) is 12.7. The first-order chi connectivity index (χ1) is 5.79. The van der Waals surface area contributed by atoms with Gasteiger partial charge in [0.2, 0.25) is 0 Å². The van der Waals surface area contributed by atoms with Crippen LogP contribution in [0.4, 0.5) is 5.69 Å². The van der Waals surface area contributed by atoms with Crippen molar-refractivity contribution in [3.63, 3.8) is 0 Å². The molecule has 0 bridgehead atoms. The molecule has 0 saturated heterocycles. The van der Waals surface area contributed by atoms with Crippen molar-refractivity contribution in [3.8, 4) is 5.75 Å². The van der Waals surface area contributed by atoms with E-state index in [1.54, 1.807) is 6.07 Å². The summed E-state index contributed by atoms with van der Waals surface area (Å²) in [6, 6.07) is 3.63. The number of aromatic hydroxyl groups is 1. The molecule has 2 nitrogen and oxygen atoms in total. The fourth-order valence-electron chi connectivity index (χ4n) is 1.51. The molecule has 2 rings (SSSR count). The van der Waals surface area contributed by atoms with Crippen molar-refractivity contribution in [1.82, 2.24) is 0 Å². The summed E-state index contributed by atoms with van der Waals surface area (Å²) in [4.78, 5) is 0. The van der Waals surface area contributed by atoms with Crippen LogP contribution in [0.15, 0.2) is 16.6 Å². The average Bonchev–Trinajstić information content (AvgIpc) is 2.12. The summed E-state index contributed by atoms with van der Waals surface area (Å²) in [6.07, 6.45) is 2.17. The largest absolute Gasteiger partial charge is 0.507 e. The van der Waals surface area contributed by atoms with E-state index in [1.165, 1.54) is 5.56 Å². The quantitative estimate of drug-likeness (QED) is 0.668. The number of fused-ring (bicyclic) bond motifs is 1. The van der Waals surface area contributed by atoms with Gasteiger partial charge in [-0.1, -0.05) is 0 Å². The maximum absolute atomic E-state index is 9.40. The van der Waals surface area contributed by atoms with E-state index in [-0.39, 0.29) is 0 Å². The molecule has 3 heteroatoms. The van der Waals surface area contributed by atoms with Gasteiger partial charge in [-0.25, -0.2) is 0 Å². The van der Waals surface area contributed by atoms with Crippen molar-refractivity contribution in [3.05, 3.63) is 22.2 Å². The van der Waals surface area contributed by atoms with E-state index in [0.717, 1.165) is 29.5 Å². The van der Waals surface area contributed by atoms with Crippen LogP contribution in [0.5, 0.6) is 5.75 Å². The molecule has 1 aromatic carbocycles. The zero-order chi connectivity index (χ0) is 8.55. The summed E-state index contributed by atoms with van der Waals surface area (Å²) in [7, 11) is 0. The molecule has 12 heavy (non-hydrogen) atoms. The maximum atomic E-state index is 9.40. The molecule has 0 saturated carbocycles. The molecule has 0 radical (unpaired) electrons. The molecule has 0 atom stereocenters. The predicted octanol–water partition coefficient (Wildman–Crippen LogP) is 2.51. The van der Waals surface area contributed by atoms with Gasteiger partial charge in [0, 0.05) is 12.2 Å². The molecule has 1 heterocycles. The highest BCUT2D eigenvalue weighted by molar-refractivity contribution is 9.10. The molecule has 1 aliphatic heterocycles. The first-order valence-electron chi connectivity index (χ1n) is 4.03. The fraction of sp³-hybridized carbons (Fsp3) is 0.333. The fourth-order valence-corrected chi connectivity index (χ4v) is 2.05. The van der Waals surface area contributed by atoms with Crippen molar-refractivity contribution in [1.29, 1.82) is 0 Å². The Labute approximate surface area is 79.7 Å². The van der Waals surface area contributed by atoms with E-state index in [0.29, 0.717) is 5.75 Å². The van der Waals surface area contributed by atoms with E-state index in [9.17, 15) is 5.11 Å². The third kappa shape index (κ3) is 1.18. The van der Waals surface area contributed by atoms with Gasteiger partial charge in [-0.15, -0.1) is 0 Å². The molecule has 0 fully saturated rings. The van der Waals surface area contributed by atoms with Gasteiger partial charge in [-0.05, 0) is 46.5 Å². The minimum absolute atomic E-state index is 0.331. The lowest BCUT2D eigenvalue weighted by molar-refractivity contribution is 0.470. The van der Waals surface area contributed by atoms with Crippen LogP contribution >= 0.6 is 15.9 Å². The number of halogens is 1. The van der Waals surface area contributed by atoms with Gasteiger partial charge in [0.1, 0.15) is 5.75 Å². The number of rotatable bonds is 0. The van der Waals surface area contributed by atoms with Crippen molar-refractivity contribution >= 4 is 21.6 Å². The van der Waals surface area contributed by atoms with Gasteiger partial charge in [0.25, 0.3) is 0 Å². The van der Waals surface area contributed by atoms with Crippen LogP contribution in [0, 0.1) is 0 Å². The average molecular weight is 228 g/mol. The molecule has 0 aromatic heterocycles. The highest BCUT2D eigenvalue weighted by Crippen LogP contribution is 2.35. The Morgan fingerprint density at radius 3 is 3.08 bits per heavy atom. The summed E-state index contributed by atoms with van der Waals surface area (Å²) in [5.74, 6) is 0.331. The summed E-state index contributed by atoms with van der Waals surface area (Å²) < 4.78 is 0.840. The van der Waals surface area contributed by atoms with Crippen molar-refractivity contribution in [2.75, 3.05) is 11.9 Å². The molecule has 0 amide bonds. The molecule has 0 unspecified atom stereocenters. The standard InChI is InChI=1S/C9H10BrNO/c10-9-6-2-1-5-11-7(6)3-4-8(9)12/h3-4,11-12H,1-2,5H2. The Bertz CT molecular complexity index is 312. The number of anilines is 1. The number of hydrogen-bond acceptors (Lipinski definition) is 2. The van der Waals surface area contributed by atoms with Crippen LogP contribution in [-0.2, 0) is 6.42 Å². The number of phenolic OH excluding ortho intramolecular Hbond substituents is 1. The van der Waals surface area contributed by atoms with Crippen LogP contribution in [0.3, 0.4) is 0 Å². The second-order valence-corrected chi connectivity index (χ2v) is 3.75. The Morgan fingerprint density at radius 1 is 1.42 bits per heavy atom. The molecule has 2 N–H and O–H groups in total. The molecule has 64 valence electrons. The van der Waals surface area contributed by atoms with Crippen LogP contribution < -0.4 is 5.32 Å². The highest BCUT2D eigenvalue weighted by Gasteiger charge is 2.13. The number of benzene rings is 1. The van der Waals surface area contributed by atoms with Gasteiger partial charge in [-0.2, -0.15) is 0 Å². The third-order valence-electron chi connectivity index (χ3n) is 2.14. The Kier molecular flexibility index (Phi) is 1.97. The summed E-state index contributed by atoms with van der Waals surface area (Å²) in [5.41, 5.74) is 2.34. The Morgan fingerprint density at radius 2 is 2.25 bits per heavy atom. The van der Waals surface area contributed by atoms with Gasteiger partial charge in [0.05, 0.1) is 4.47 Å². The third-order valence-corrected chi connectivity index (χ3v) is 3.03. The van der Waals surface area contributed by atoms with Crippen LogP contribution in [0.1, 0.15) is 12.0 Å². The van der Waals surface area contributed by atoms with E-state index in [4.69, 9.17) is 0 Å². The first kappa shape index (κ1) is 7.92. The zero-order valence-electron chi connectivity index (χ0n) is 6.60. The number of hydrogen-bond donors (Lipinski definition) is 2. The predicted molar refractivity (Wildman–Crippen MR) is 52.6 cm³/mol. The van der Waals surface area contributed by atoms with Crippen LogP contribution in [0.25, 0.3) is 0 Å². The van der Waals surface area contributed by atoms with E-state index in [2.05, 4.69) is 21.2 Å². The summed E-state index contributed by atoms with van der Waals surface area (Å²) in [6.45, 7) is 1.03. The minimum atomic E-state index is 0.331. The van der Waals surface area contributed by atoms with E-state index < -0.39 is 0 Å². The maximum Gasteiger partial charge on any atom is 0.130 e. The van der Waals surface area contributed by atoms with Crippen molar-refractivity contribution < 1.29 is 5.11 Å². The molecule has 1 aromatic rings. The van der Waals surface area contributed by atoms with Gasteiger partial charge < -0.3 is 10.4 Å². The van der Waals surface area contributed by atoms with Crippen molar-refractivity contribution in [2.45, 2.75) is 12.8 Å². The molecule has 1 aliphatic rings. The first-order valence-corrected chi connectivity index (χ1v) is 4.82. The smallest absolute Gasteiger partial charge is 0.130 e. The molecule has 0 spiro atoms. The summed E-state index contributed by atoms with van der Waals surface area (Å²) >= 11 is 3.38. The normalized spacial score (nSPS) is 15.1. The lowest BCUT2D eigenvalue weighted by atomic mass is 10.0. The lowest BCUT2D eigenvalue weighted by Gasteiger charge is -2.19. The highest BCUT2D eigenvalue weighted by atomic mass is 79.9. The second-order valence-electron chi connectivity index (χ2n) is 2.96.